The Balaban J connectivity index is 1.61. The zero-order valence-corrected chi connectivity index (χ0v) is 13.8. The van der Waals surface area contributed by atoms with E-state index in [2.05, 4.69) is 6.92 Å². The number of nitrogens with zero attached hydrogens (tertiary/aromatic N) is 3. The quantitative estimate of drug-likeness (QED) is 0.763. The predicted octanol–water partition coefficient (Wildman–Crippen LogP) is 0.690. The van der Waals surface area contributed by atoms with Gasteiger partial charge in [-0.3, -0.25) is 14.5 Å². The van der Waals surface area contributed by atoms with Gasteiger partial charge in [0.25, 0.3) is 0 Å². The number of rotatable bonds is 4. The van der Waals surface area contributed by atoms with Crippen LogP contribution in [0, 0.1) is 5.41 Å². The Bertz CT molecular complexity index is 508. The average molecular weight is 323 g/mol. The van der Waals surface area contributed by atoms with Crippen molar-refractivity contribution in [1.29, 1.82) is 0 Å². The van der Waals surface area contributed by atoms with E-state index in [-0.39, 0.29) is 18.4 Å². The van der Waals surface area contributed by atoms with Crippen LogP contribution in [0.15, 0.2) is 0 Å². The standard InChI is InChI=1S/C16H25N3O4/c1-2-6-17-7-3-4-16(14(17)21)5-8-19(12-16)13(20)11-18-9-10-23-15(18)22/h2-12H2,1H3/t16-/m0/s1. The van der Waals surface area contributed by atoms with Crippen molar-refractivity contribution in [2.24, 2.45) is 5.41 Å². The zero-order chi connectivity index (χ0) is 16.4. The molecule has 7 heteroatoms. The summed E-state index contributed by atoms with van der Waals surface area (Å²) in [4.78, 5) is 41.8. The Kier molecular flexibility index (Phi) is 4.46. The lowest BCUT2D eigenvalue weighted by atomic mass is 9.78. The normalized spacial score (nSPS) is 28.0. The second-order valence-corrected chi connectivity index (χ2v) is 6.78. The van der Waals surface area contributed by atoms with Crippen LogP contribution >= 0.6 is 0 Å². The van der Waals surface area contributed by atoms with E-state index in [1.165, 1.54) is 4.90 Å². The summed E-state index contributed by atoms with van der Waals surface area (Å²) in [6.07, 6.45) is 3.15. The molecule has 0 saturated carbocycles. The van der Waals surface area contributed by atoms with Crippen molar-refractivity contribution in [2.75, 3.05) is 45.9 Å². The van der Waals surface area contributed by atoms with E-state index in [9.17, 15) is 14.4 Å². The van der Waals surface area contributed by atoms with Crippen LogP contribution in [0.4, 0.5) is 4.79 Å². The number of hydrogen-bond donors (Lipinski definition) is 0. The van der Waals surface area contributed by atoms with Gasteiger partial charge in [0.1, 0.15) is 13.2 Å². The molecule has 3 aliphatic rings. The lowest BCUT2D eigenvalue weighted by molar-refractivity contribution is -0.146. The molecule has 0 N–H and O–H groups in total. The van der Waals surface area contributed by atoms with E-state index in [4.69, 9.17) is 4.74 Å². The second kappa shape index (κ2) is 6.37. The first-order valence-electron chi connectivity index (χ1n) is 8.54. The zero-order valence-electron chi connectivity index (χ0n) is 13.8. The summed E-state index contributed by atoms with van der Waals surface area (Å²) in [5.74, 6) is 0.127. The third-order valence-corrected chi connectivity index (χ3v) is 5.20. The van der Waals surface area contributed by atoms with Crippen LogP contribution in [0.2, 0.25) is 0 Å². The van der Waals surface area contributed by atoms with Crippen molar-refractivity contribution in [3.63, 3.8) is 0 Å². The van der Waals surface area contributed by atoms with Gasteiger partial charge in [-0.15, -0.1) is 0 Å². The van der Waals surface area contributed by atoms with Gasteiger partial charge in [0.05, 0.1) is 12.0 Å². The molecule has 1 atom stereocenters. The van der Waals surface area contributed by atoms with Gasteiger partial charge in [-0.25, -0.2) is 4.79 Å². The molecule has 1 spiro atoms. The van der Waals surface area contributed by atoms with Gasteiger partial charge >= 0.3 is 6.09 Å². The Hall–Kier alpha value is -1.79. The van der Waals surface area contributed by atoms with Gasteiger partial charge in [0, 0.05) is 26.2 Å². The number of ether oxygens (including phenoxy) is 1. The molecule has 0 aromatic carbocycles. The van der Waals surface area contributed by atoms with E-state index in [1.54, 1.807) is 4.90 Å². The first-order chi connectivity index (χ1) is 11.1. The summed E-state index contributed by atoms with van der Waals surface area (Å²) in [5, 5.41) is 0. The average Bonchev–Trinajstić information content (AvgIpc) is 3.13. The van der Waals surface area contributed by atoms with Crippen molar-refractivity contribution in [3.05, 3.63) is 0 Å². The van der Waals surface area contributed by atoms with Crippen LogP contribution in [-0.4, -0.2) is 78.5 Å². The number of likely N-dealkylation sites (tertiary alicyclic amines) is 2. The molecular weight excluding hydrogens is 298 g/mol. The highest BCUT2D eigenvalue weighted by atomic mass is 16.6. The number of amides is 3. The molecule has 0 bridgehead atoms. The van der Waals surface area contributed by atoms with E-state index < -0.39 is 11.5 Å². The second-order valence-electron chi connectivity index (χ2n) is 6.78. The maximum Gasteiger partial charge on any atom is 0.410 e. The third kappa shape index (κ3) is 3.01. The molecule has 7 nitrogen and oxygen atoms in total. The fourth-order valence-corrected chi connectivity index (χ4v) is 3.93. The van der Waals surface area contributed by atoms with Crippen LogP contribution in [0.25, 0.3) is 0 Å². The minimum absolute atomic E-state index is 0.0573. The minimum atomic E-state index is -0.421. The lowest BCUT2D eigenvalue weighted by Crippen LogP contribution is -2.51. The lowest BCUT2D eigenvalue weighted by Gasteiger charge is -2.39. The molecule has 0 radical (unpaired) electrons. The molecule has 3 heterocycles. The topological polar surface area (TPSA) is 70.2 Å². The maximum absolute atomic E-state index is 12.8. The first-order valence-corrected chi connectivity index (χ1v) is 8.54. The van der Waals surface area contributed by atoms with Crippen molar-refractivity contribution in [3.8, 4) is 0 Å². The van der Waals surface area contributed by atoms with E-state index in [0.29, 0.717) is 26.2 Å². The molecule has 3 fully saturated rings. The summed E-state index contributed by atoms with van der Waals surface area (Å²) in [6, 6.07) is 0. The van der Waals surface area contributed by atoms with E-state index >= 15 is 0 Å². The minimum Gasteiger partial charge on any atom is -0.448 e. The number of cyclic esters (lactones) is 1. The molecule has 0 aromatic rings. The molecule has 3 amide bonds. The predicted molar refractivity (Wildman–Crippen MR) is 82.7 cm³/mol. The Labute approximate surface area is 136 Å². The van der Waals surface area contributed by atoms with Crippen LogP contribution in [-0.2, 0) is 14.3 Å². The molecule has 0 unspecified atom stereocenters. The molecule has 23 heavy (non-hydrogen) atoms. The summed E-state index contributed by atoms with van der Waals surface area (Å²) in [5.41, 5.74) is -0.394. The highest BCUT2D eigenvalue weighted by Crippen LogP contribution is 2.40. The molecule has 3 rings (SSSR count). The van der Waals surface area contributed by atoms with Crippen molar-refractivity contribution in [1.82, 2.24) is 14.7 Å². The number of piperidine rings is 1. The van der Waals surface area contributed by atoms with Gasteiger partial charge in [-0.1, -0.05) is 6.92 Å². The highest BCUT2D eigenvalue weighted by molar-refractivity contribution is 5.87. The van der Waals surface area contributed by atoms with Crippen molar-refractivity contribution < 1.29 is 19.1 Å². The summed E-state index contributed by atoms with van der Waals surface area (Å²) in [6.45, 7) is 5.68. The largest absolute Gasteiger partial charge is 0.448 e. The van der Waals surface area contributed by atoms with Gasteiger partial charge in [-0.05, 0) is 25.7 Å². The Morgan fingerprint density at radius 1 is 1.17 bits per heavy atom. The SMILES string of the molecule is CCCN1CCC[C@@]2(CCN(C(=O)CN3CCOC3=O)C2)C1=O. The molecule has 0 aromatic heterocycles. The van der Waals surface area contributed by atoms with E-state index in [1.807, 2.05) is 4.90 Å². The summed E-state index contributed by atoms with van der Waals surface area (Å²) in [7, 11) is 0. The van der Waals surface area contributed by atoms with Gasteiger partial charge in [0.15, 0.2) is 0 Å². The third-order valence-electron chi connectivity index (χ3n) is 5.20. The highest BCUT2D eigenvalue weighted by Gasteiger charge is 2.49. The first kappa shape index (κ1) is 16.1. The number of hydrogen-bond acceptors (Lipinski definition) is 4. The molecule has 3 saturated heterocycles. The fourth-order valence-electron chi connectivity index (χ4n) is 3.93. The molecule has 0 aliphatic carbocycles. The Morgan fingerprint density at radius 3 is 2.70 bits per heavy atom. The van der Waals surface area contributed by atoms with Crippen LogP contribution < -0.4 is 0 Å². The van der Waals surface area contributed by atoms with Crippen LogP contribution in [0.5, 0.6) is 0 Å². The van der Waals surface area contributed by atoms with E-state index in [0.717, 1.165) is 38.8 Å². The summed E-state index contributed by atoms with van der Waals surface area (Å²) >= 11 is 0. The van der Waals surface area contributed by atoms with Gasteiger partial charge in [-0.2, -0.15) is 0 Å². The van der Waals surface area contributed by atoms with Crippen molar-refractivity contribution >= 4 is 17.9 Å². The van der Waals surface area contributed by atoms with Crippen molar-refractivity contribution in [2.45, 2.75) is 32.6 Å². The monoisotopic (exact) mass is 323 g/mol. The fraction of sp³-hybridized carbons (Fsp3) is 0.812. The van der Waals surface area contributed by atoms with Crippen LogP contribution in [0.3, 0.4) is 0 Å². The number of carbonyl (C=O) groups is 3. The molecule has 3 aliphatic heterocycles. The molecular formula is C16H25N3O4. The number of carbonyl (C=O) groups excluding carboxylic acids is 3. The summed E-state index contributed by atoms with van der Waals surface area (Å²) < 4.78 is 4.85. The van der Waals surface area contributed by atoms with Crippen LogP contribution in [0.1, 0.15) is 32.6 Å². The smallest absolute Gasteiger partial charge is 0.410 e. The van der Waals surface area contributed by atoms with Gasteiger partial charge < -0.3 is 14.5 Å². The van der Waals surface area contributed by atoms with Gasteiger partial charge in [0.2, 0.25) is 11.8 Å². The Morgan fingerprint density at radius 2 is 2.00 bits per heavy atom. The maximum atomic E-state index is 12.8. The molecule has 128 valence electrons.